The molecule has 0 bridgehead atoms. The van der Waals surface area contributed by atoms with E-state index in [9.17, 15) is 4.79 Å². The molecular weight excluding hydrogens is 308 g/mol. The number of hydrogen-bond donors (Lipinski definition) is 2. The van der Waals surface area contributed by atoms with Gasteiger partial charge in [-0.2, -0.15) is 10.4 Å². The number of aromatic nitrogens is 8. The Morgan fingerprint density at radius 3 is 2.00 bits per heavy atom. The van der Waals surface area contributed by atoms with Crippen molar-refractivity contribution in [2.24, 2.45) is 0 Å². The van der Waals surface area contributed by atoms with Gasteiger partial charge in [0.2, 0.25) is 0 Å². The van der Waals surface area contributed by atoms with Crippen LogP contribution in [0, 0.1) is 0 Å². The first-order chi connectivity index (χ1) is 11.7. The predicted molar refractivity (Wildman–Crippen MR) is 87.0 cm³/mol. The van der Waals surface area contributed by atoms with E-state index in [4.69, 9.17) is 0 Å². The molecule has 0 amide bonds. The van der Waals surface area contributed by atoms with Gasteiger partial charge in [-0.1, -0.05) is 43.0 Å². The highest BCUT2D eigenvalue weighted by Crippen LogP contribution is 2.31. The lowest BCUT2D eigenvalue weighted by Crippen LogP contribution is -2.27. The molecule has 9 nitrogen and oxygen atoms in total. The van der Waals surface area contributed by atoms with E-state index in [1.54, 1.807) is 0 Å². The predicted octanol–water partition coefficient (Wildman–Crippen LogP) is 2.12. The first-order valence-corrected chi connectivity index (χ1v) is 8.66. The molecule has 2 N–H and O–H groups in total. The fourth-order valence-corrected chi connectivity index (χ4v) is 2.79. The number of rotatable bonds is 12. The monoisotopic (exact) mass is 334 g/mol. The third-order valence-electron chi connectivity index (χ3n) is 4.37. The summed E-state index contributed by atoms with van der Waals surface area (Å²) in [6.45, 7) is 4.14. The molecule has 9 heteroatoms. The van der Waals surface area contributed by atoms with Gasteiger partial charge in [-0.3, -0.25) is 4.79 Å². The van der Waals surface area contributed by atoms with E-state index >= 15 is 0 Å². The van der Waals surface area contributed by atoms with Crippen LogP contribution in [0.25, 0.3) is 0 Å². The van der Waals surface area contributed by atoms with E-state index in [0.29, 0.717) is 30.3 Å². The smallest absolute Gasteiger partial charge is 0.188 e. The molecule has 0 atom stereocenters. The molecule has 0 saturated carbocycles. The molecule has 0 radical (unpaired) electrons. The summed E-state index contributed by atoms with van der Waals surface area (Å²) in [6.07, 6.45) is 8.33. The maximum absolute atomic E-state index is 11.9. The lowest BCUT2D eigenvalue weighted by atomic mass is 9.83. The highest BCUT2D eigenvalue weighted by Gasteiger charge is 2.37. The summed E-state index contributed by atoms with van der Waals surface area (Å²) in [5.74, 6) is 1.43. The van der Waals surface area contributed by atoms with Gasteiger partial charge in [0.25, 0.3) is 0 Å². The van der Waals surface area contributed by atoms with E-state index < -0.39 is 5.41 Å². The maximum atomic E-state index is 11.9. The van der Waals surface area contributed by atoms with E-state index in [-0.39, 0.29) is 0 Å². The Morgan fingerprint density at radius 1 is 0.917 bits per heavy atom. The third kappa shape index (κ3) is 4.90. The number of tetrazole rings is 2. The minimum atomic E-state index is -0.565. The number of ketones is 1. The van der Waals surface area contributed by atoms with Crippen LogP contribution in [0.4, 0.5) is 0 Å². The molecule has 0 aromatic carbocycles. The number of H-pyrrole nitrogens is 2. The van der Waals surface area contributed by atoms with Crippen LogP contribution >= 0.6 is 0 Å². The van der Waals surface area contributed by atoms with Crippen molar-refractivity contribution in [1.29, 1.82) is 0 Å². The molecule has 0 aliphatic carbocycles. The number of aromatic amines is 2. The average Bonchev–Trinajstić information content (AvgIpc) is 3.29. The summed E-state index contributed by atoms with van der Waals surface area (Å²) in [7, 11) is 0. The summed E-state index contributed by atoms with van der Waals surface area (Å²) in [4.78, 5) is 11.9. The van der Waals surface area contributed by atoms with Crippen molar-refractivity contribution >= 4 is 5.78 Å². The molecule has 24 heavy (non-hydrogen) atoms. The lowest BCUT2D eigenvalue weighted by Gasteiger charge is -2.21. The van der Waals surface area contributed by atoms with Crippen LogP contribution in [0.3, 0.4) is 0 Å². The molecule has 0 saturated heterocycles. The number of Topliss-reactive ketones (excluding diaryl/α,β-unsaturated/α-hetero) is 1. The number of carbonyl (C=O) groups is 1. The van der Waals surface area contributed by atoms with Gasteiger partial charge in [0.15, 0.2) is 11.6 Å². The fraction of sp³-hybridized carbons (Fsp3) is 0.800. The summed E-state index contributed by atoms with van der Waals surface area (Å²) < 4.78 is 0. The first-order valence-electron chi connectivity index (χ1n) is 8.66. The van der Waals surface area contributed by atoms with Crippen molar-refractivity contribution in [3.8, 4) is 0 Å². The van der Waals surface area contributed by atoms with Crippen molar-refractivity contribution in [1.82, 2.24) is 41.2 Å². The summed E-state index contributed by atoms with van der Waals surface area (Å²) in [5, 5.41) is 28.5. The van der Waals surface area contributed by atoms with Gasteiger partial charge in [0, 0.05) is 12.8 Å². The zero-order valence-corrected chi connectivity index (χ0v) is 14.5. The molecule has 2 heterocycles. The van der Waals surface area contributed by atoms with Gasteiger partial charge in [0.1, 0.15) is 5.78 Å². The second-order valence-corrected chi connectivity index (χ2v) is 6.36. The standard InChI is InChI=1S/C15H26N8O/c1-3-4-5-6-9-12(24)10-7-8-11-15(2,13-16-20-21-17-13)14-18-22-23-19-14/h3-11H2,1-2H3,(H,16,17,20,21)(H,18,19,22,23). The van der Waals surface area contributed by atoms with Crippen LogP contribution in [0.5, 0.6) is 0 Å². The maximum Gasteiger partial charge on any atom is 0.188 e. The minimum absolute atomic E-state index is 0.354. The van der Waals surface area contributed by atoms with Gasteiger partial charge in [-0.15, -0.1) is 20.4 Å². The number of nitrogens with zero attached hydrogens (tertiary/aromatic N) is 6. The van der Waals surface area contributed by atoms with Gasteiger partial charge in [-0.05, 0) is 26.2 Å². The number of nitrogens with one attached hydrogen (secondary N) is 2. The molecule has 0 unspecified atom stereocenters. The van der Waals surface area contributed by atoms with E-state index in [1.807, 2.05) is 6.92 Å². The molecule has 2 rings (SSSR count). The Morgan fingerprint density at radius 2 is 1.50 bits per heavy atom. The zero-order chi connectivity index (χ0) is 17.3. The van der Waals surface area contributed by atoms with Gasteiger partial charge >= 0.3 is 0 Å². The normalized spacial score (nSPS) is 11.8. The van der Waals surface area contributed by atoms with E-state index in [1.165, 1.54) is 12.8 Å². The van der Waals surface area contributed by atoms with Crippen LogP contribution < -0.4 is 0 Å². The molecule has 0 spiro atoms. The topological polar surface area (TPSA) is 126 Å². The molecular formula is C15H26N8O. The quantitative estimate of drug-likeness (QED) is 0.569. The molecule has 0 aliphatic rings. The molecule has 2 aromatic heterocycles. The third-order valence-corrected chi connectivity index (χ3v) is 4.37. The van der Waals surface area contributed by atoms with Crippen molar-refractivity contribution < 1.29 is 4.79 Å². The Labute approximate surface area is 141 Å². The number of carbonyl (C=O) groups excluding carboxylic acids is 1. The molecule has 0 aliphatic heterocycles. The van der Waals surface area contributed by atoms with Crippen molar-refractivity contribution in [3.63, 3.8) is 0 Å². The van der Waals surface area contributed by atoms with Crippen LogP contribution in [0.1, 0.15) is 83.3 Å². The van der Waals surface area contributed by atoms with E-state index in [0.717, 1.165) is 32.1 Å². The molecule has 0 fully saturated rings. The van der Waals surface area contributed by atoms with Crippen molar-refractivity contribution in [3.05, 3.63) is 11.6 Å². The van der Waals surface area contributed by atoms with Crippen LogP contribution in [0.15, 0.2) is 0 Å². The summed E-state index contributed by atoms with van der Waals surface area (Å²) >= 11 is 0. The van der Waals surface area contributed by atoms with Gasteiger partial charge in [0.05, 0.1) is 5.41 Å². The average molecular weight is 334 g/mol. The Bertz CT molecular complexity index is 546. The Kier molecular flexibility index (Phi) is 6.95. The highest BCUT2D eigenvalue weighted by molar-refractivity contribution is 5.78. The van der Waals surface area contributed by atoms with Crippen LogP contribution in [-0.2, 0) is 10.2 Å². The molecule has 132 valence electrons. The van der Waals surface area contributed by atoms with Crippen molar-refractivity contribution in [2.75, 3.05) is 0 Å². The highest BCUT2D eigenvalue weighted by atomic mass is 16.1. The van der Waals surface area contributed by atoms with E-state index in [2.05, 4.69) is 48.2 Å². The Hall–Kier alpha value is -2.19. The summed E-state index contributed by atoms with van der Waals surface area (Å²) in [6, 6.07) is 0. The number of hydrogen-bond acceptors (Lipinski definition) is 7. The fourth-order valence-electron chi connectivity index (χ4n) is 2.79. The Balaban J connectivity index is 1.79. The van der Waals surface area contributed by atoms with Crippen molar-refractivity contribution in [2.45, 2.75) is 77.0 Å². The number of unbranched alkanes of at least 4 members (excludes halogenated alkanes) is 4. The largest absolute Gasteiger partial charge is 0.300 e. The minimum Gasteiger partial charge on any atom is -0.300 e. The first kappa shape index (κ1) is 18.2. The second-order valence-electron chi connectivity index (χ2n) is 6.36. The zero-order valence-electron chi connectivity index (χ0n) is 14.5. The van der Waals surface area contributed by atoms with Gasteiger partial charge < -0.3 is 0 Å². The SMILES string of the molecule is CCCCCCC(=O)CCCCC(C)(c1nn[nH]n1)c1nn[nH]n1. The van der Waals surface area contributed by atoms with Crippen LogP contribution in [0.2, 0.25) is 0 Å². The second kappa shape index (κ2) is 9.19. The summed E-state index contributed by atoms with van der Waals surface area (Å²) in [5.41, 5.74) is -0.565. The van der Waals surface area contributed by atoms with Gasteiger partial charge in [-0.25, -0.2) is 0 Å². The van der Waals surface area contributed by atoms with Crippen LogP contribution in [-0.4, -0.2) is 47.0 Å². The molecule has 2 aromatic rings. The lowest BCUT2D eigenvalue weighted by molar-refractivity contribution is -0.119.